The number of thiol groups is 1. The van der Waals surface area contributed by atoms with Crippen molar-refractivity contribution in [1.82, 2.24) is 4.98 Å². The number of H-pyrrole nitrogens is 1. The fourth-order valence-electron chi connectivity index (χ4n) is 1.57. The third kappa shape index (κ3) is 1.29. The molecule has 68 valence electrons. The van der Waals surface area contributed by atoms with Crippen LogP contribution in [0.4, 0.5) is 0 Å². The molecule has 0 amide bonds. The van der Waals surface area contributed by atoms with Gasteiger partial charge in [-0.15, -0.1) is 0 Å². The first-order chi connectivity index (χ1) is 6.36. The number of aromatic nitrogens is 1. The van der Waals surface area contributed by atoms with E-state index in [2.05, 4.69) is 24.8 Å². The zero-order valence-electron chi connectivity index (χ0n) is 7.37. The molecule has 3 heteroatoms. The Bertz CT molecular complexity index is 422. The SMILES string of the molecule is CCc1c[nH]c2cccc(OS)c12. The first-order valence-electron chi connectivity index (χ1n) is 4.27. The quantitative estimate of drug-likeness (QED) is 0.556. The van der Waals surface area contributed by atoms with Crippen LogP contribution in [0.25, 0.3) is 10.9 Å². The summed E-state index contributed by atoms with van der Waals surface area (Å²) in [5.74, 6) is 0.818. The molecule has 13 heavy (non-hydrogen) atoms. The van der Waals surface area contributed by atoms with Gasteiger partial charge >= 0.3 is 0 Å². The maximum Gasteiger partial charge on any atom is 0.146 e. The molecule has 0 aliphatic carbocycles. The molecule has 0 fully saturated rings. The molecule has 1 aromatic carbocycles. The summed E-state index contributed by atoms with van der Waals surface area (Å²) < 4.78 is 5.00. The second kappa shape index (κ2) is 3.34. The number of hydrogen-bond acceptors (Lipinski definition) is 2. The van der Waals surface area contributed by atoms with Crippen LogP contribution in [0.15, 0.2) is 24.4 Å². The molecular weight excluding hydrogens is 182 g/mol. The van der Waals surface area contributed by atoms with Crippen molar-refractivity contribution in [3.05, 3.63) is 30.0 Å². The molecule has 0 saturated carbocycles. The highest BCUT2D eigenvalue weighted by Gasteiger charge is 2.06. The topological polar surface area (TPSA) is 25.0 Å². The van der Waals surface area contributed by atoms with Crippen LogP contribution in [0.3, 0.4) is 0 Å². The van der Waals surface area contributed by atoms with Gasteiger partial charge in [0.05, 0.1) is 0 Å². The van der Waals surface area contributed by atoms with E-state index in [1.165, 1.54) is 5.56 Å². The van der Waals surface area contributed by atoms with E-state index in [4.69, 9.17) is 4.18 Å². The van der Waals surface area contributed by atoms with Crippen LogP contribution in [-0.4, -0.2) is 4.98 Å². The lowest BCUT2D eigenvalue weighted by Gasteiger charge is -2.01. The van der Waals surface area contributed by atoms with Gasteiger partial charge in [-0.1, -0.05) is 13.0 Å². The number of rotatable bonds is 2. The number of aryl methyl sites for hydroxylation is 1. The standard InChI is InChI=1S/C10H11NOS/c1-2-7-6-11-8-4-3-5-9(12-13)10(7)8/h3-6,11,13H,2H2,1H3. The molecule has 0 unspecified atom stereocenters. The Morgan fingerprint density at radius 2 is 2.31 bits per heavy atom. The Hall–Kier alpha value is -1.09. The van der Waals surface area contributed by atoms with Crippen molar-refractivity contribution in [3.63, 3.8) is 0 Å². The molecule has 2 rings (SSSR count). The minimum Gasteiger partial charge on any atom is -0.428 e. The van der Waals surface area contributed by atoms with Gasteiger partial charge in [0, 0.05) is 30.0 Å². The maximum atomic E-state index is 5.00. The highest BCUT2D eigenvalue weighted by atomic mass is 32.1. The van der Waals surface area contributed by atoms with Gasteiger partial charge in [-0.3, -0.25) is 0 Å². The summed E-state index contributed by atoms with van der Waals surface area (Å²) in [6.45, 7) is 2.12. The van der Waals surface area contributed by atoms with Crippen molar-refractivity contribution in [2.24, 2.45) is 0 Å². The average molecular weight is 193 g/mol. The number of hydrogen-bond donors (Lipinski definition) is 2. The molecule has 1 aromatic heterocycles. The second-order valence-electron chi connectivity index (χ2n) is 2.94. The zero-order chi connectivity index (χ0) is 9.26. The summed E-state index contributed by atoms with van der Waals surface area (Å²) >= 11 is 3.83. The van der Waals surface area contributed by atoms with Crippen LogP contribution in [0.1, 0.15) is 12.5 Å². The molecule has 0 saturated heterocycles. The van der Waals surface area contributed by atoms with Crippen LogP contribution in [0.2, 0.25) is 0 Å². The predicted molar refractivity (Wildman–Crippen MR) is 57.3 cm³/mol. The number of fused-ring (bicyclic) bond motifs is 1. The van der Waals surface area contributed by atoms with Crippen LogP contribution < -0.4 is 4.18 Å². The van der Waals surface area contributed by atoms with E-state index in [0.29, 0.717) is 0 Å². The Kier molecular flexibility index (Phi) is 2.19. The van der Waals surface area contributed by atoms with E-state index in [-0.39, 0.29) is 0 Å². The molecule has 0 aliphatic heterocycles. The van der Waals surface area contributed by atoms with Crippen molar-refractivity contribution in [2.75, 3.05) is 0 Å². The molecule has 0 aliphatic rings. The van der Waals surface area contributed by atoms with Gasteiger partial charge in [0.15, 0.2) is 0 Å². The van der Waals surface area contributed by atoms with Crippen LogP contribution in [-0.2, 0) is 6.42 Å². The summed E-state index contributed by atoms with van der Waals surface area (Å²) in [5.41, 5.74) is 2.36. The van der Waals surface area contributed by atoms with Crippen molar-refractivity contribution in [3.8, 4) is 5.75 Å². The predicted octanol–water partition coefficient (Wildman–Crippen LogP) is 2.95. The number of aromatic amines is 1. The molecule has 1 heterocycles. The molecule has 2 aromatic rings. The summed E-state index contributed by atoms with van der Waals surface area (Å²) in [7, 11) is 0. The lowest BCUT2D eigenvalue weighted by molar-refractivity contribution is 0.666. The van der Waals surface area contributed by atoms with Gasteiger partial charge in [0.1, 0.15) is 5.75 Å². The largest absolute Gasteiger partial charge is 0.428 e. The number of nitrogens with one attached hydrogen (secondary N) is 1. The minimum atomic E-state index is 0.818. The minimum absolute atomic E-state index is 0.818. The molecule has 0 bridgehead atoms. The molecule has 2 nitrogen and oxygen atoms in total. The Labute approximate surface area is 82.5 Å². The Morgan fingerprint density at radius 3 is 3.00 bits per heavy atom. The van der Waals surface area contributed by atoms with Crippen molar-refractivity contribution >= 4 is 23.8 Å². The fraction of sp³-hybridized carbons (Fsp3) is 0.200. The smallest absolute Gasteiger partial charge is 0.146 e. The lowest BCUT2D eigenvalue weighted by Crippen LogP contribution is -1.80. The van der Waals surface area contributed by atoms with Crippen LogP contribution in [0, 0.1) is 0 Å². The Balaban J connectivity index is 2.76. The van der Waals surface area contributed by atoms with Crippen molar-refractivity contribution < 1.29 is 4.18 Å². The third-order valence-corrected chi connectivity index (χ3v) is 2.43. The van der Waals surface area contributed by atoms with Crippen molar-refractivity contribution in [1.29, 1.82) is 0 Å². The molecular formula is C10H11NOS. The first-order valence-corrected chi connectivity index (χ1v) is 4.63. The van der Waals surface area contributed by atoms with Crippen LogP contribution in [0.5, 0.6) is 5.75 Å². The van der Waals surface area contributed by atoms with E-state index in [0.717, 1.165) is 23.1 Å². The lowest BCUT2D eigenvalue weighted by atomic mass is 10.1. The third-order valence-electron chi connectivity index (χ3n) is 2.23. The number of benzene rings is 1. The van der Waals surface area contributed by atoms with E-state index in [1.54, 1.807) is 0 Å². The zero-order valence-corrected chi connectivity index (χ0v) is 8.27. The monoisotopic (exact) mass is 193 g/mol. The summed E-state index contributed by atoms with van der Waals surface area (Å²) in [5, 5.41) is 1.14. The Morgan fingerprint density at radius 1 is 1.46 bits per heavy atom. The van der Waals surface area contributed by atoms with E-state index >= 15 is 0 Å². The molecule has 0 radical (unpaired) electrons. The van der Waals surface area contributed by atoms with Gasteiger partial charge in [-0.25, -0.2) is 0 Å². The van der Waals surface area contributed by atoms with E-state index in [1.807, 2.05) is 24.4 Å². The molecule has 0 atom stereocenters. The van der Waals surface area contributed by atoms with Gasteiger partial charge in [-0.05, 0) is 24.1 Å². The molecule has 0 spiro atoms. The second-order valence-corrected chi connectivity index (χ2v) is 3.12. The fourth-order valence-corrected chi connectivity index (χ4v) is 1.73. The van der Waals surface area contributed by atoms with E-state index < -0.39 is 0 Å². The highest BCUT2D eigenvalue weighted by Crippen LogP contribution is 2.29. The van der Waals surface area contributed by atoms with Gasteiger partial charge in [-0.2, -0.15) is 0 Å². The van der Waals surface area contributed by atoms with Crippen molar-refractivity contribution in [2.45, 2.75) is 13.3 Å². The van der Waals surface area contributed by atoms with E-state index in [9.17, 15) is 0 Å². The van der Waals surface area contributed by atoms with Gasteiger partial charge in [0.2, 0.25) is 0 Å². The summed E-state index contributed by atoms with van der Waals surface area (Å²) in [4.78, 5) is 3.20. The van der Waals surface area contributed by atoms with Gasteiger partial charge < -0.3 is 9.17 Å². The first kappa shape index (κ1) is 8.51. The summed E-state index contributed by atoms with van der Waals surface area (Å²) in [6, 6.07) is 5.90. The van der Waals surface area contributed by atoms with Crippen LogP contribution >= 0.6 is 12.9 Å². The maximum absolute atomic E-state index is 5.00. The molecule has 1 N–H and O–H groups in total. The van der Waals surface area contributed by atoms with Gasteiger partial charge in [0.25, 0.3) is 0 Å². The highest BCUT2D eigenvalue weighted by molar-refractivity contribution is 7.75. The summed E-state index contributed by atoms with van der Waals surface area (Å²) in [6.07, 6.45) is 3.01. The average Bonchev–Trinajstić information content (AvgIpc) is 2.60. The normalized spacial score (nSPS) is 10.6.